The van der Waals surface area contributed by atoms with Crippen LogP contribution in [0, 0.1) is 0 Å². The number of carbonyl (C=O) groups is 1. The maximum absolute atomic E-state index is 12.4. The van der Waals surface area contributed by atoms with Gasteiger partial charge in [-0.05, 0) is 12.8 Å². The second-order valence-corrected chi connectivity index (χ2v) is 13.2. The molecule has 0 bridgehead atoms. The molecule has 8 nitrogen and oxygen atoms in total. The van der Waals surface area contributed by atoms with Crippen LogP contribution in [0.4, 0.5) is 0 Å². The van der Waals surface area contributed by atoms with Gasteiger partial charge in [-0.2, -0.15) is 0 Å². The molecule has 42 heavy (non-hydrogen) atoms. The zero-order valence-electron chi connectivity index (χ0n) is 27.5. The second kappa shape index (κ2) is 31.9. The Morgan fingerprint density at radius 3 is 1.50 bits per heavy atom. The topological polar surface area (TPSA) is 117 Å². The lowest BCUT2D eigenvalue weighted by Crippen LogP contribution is -2.28. The average Bonchev–Trinajstić information content (AvgIpc) is 2.97. The predicted octanol–water partition coefficient (Wildman–Crippen LogP) is 9.41. The molecule has 252 valence electrons. The molecule has 2 atom stereocenters. The van der Waals surface area contributed by atoms with Crippen molar-refractivity contribution in [3.63, 3.8) is 0 Å². The summed E-state index contributed by atoms with van der Waals surface area (Å²) in [7, 11) is -4.25. The van der Waals surface area contributed by atoms with E-state index in [2.05, 4.69) is 13.8 Å². The smallest absolute Gasteiger partial charge is 0.457 e. The molecule has 0 amide bonds. The number of hydrogen-bond donors (Lipinski definition) is 2. The zero-order valence-corrected chi connectivity index (χ0v) is 28.4. The summed E-state index contributed by atoms with van der Waals surface area (Å²) in [4.78, 5) is 22.2. The minimum absolute atomic E-state index is 0.0908. The summed E-state index contributed by atoms with van der Waals surface area (Å²) in [5, 5.41) is 0. The van der Waals surface area contributed by atoms with Crippen LogP contribution in [0.5, 0.6) is 0 Å². The molecule has 0 saturated carbocycles. The number of carbonyl (C=O) groups excluding carboxylic acids is 1. The van der Waals surface area contributed by atoms with Gasteiger partial charge in [0, 0.05) is 19.6 Å². The highest BCUT2D eigenvalue weighted by atomic mass is 31.2. The number of phosphoric ester groups is 1. The molecule has 2 unspecified atom stereocenters. The van der Waals surface area contributed by atoms with E-state index >= 15 is 0 Å². The second-order valence-electron chi connectivity index (χ2n) is 11.7. The first-order chi connectivity index (χ1) is 20.4. The van der Waals surface area contributed by atoms with Crippen molar-refractivity contribution in [1.82, 2.24) is 0 Å². The normalized spacial score (nSPS) is 13.7. The van der Waals surface area contributed by atoms with Gasteiger partial charge < -0.3 is 20.1 Å². The zero-order chi connectivity index (χ0) is 31.0. The molecule has 0 saturated heterocycles. The molecule has 0 rings (SSSR count). The van der Waals surface area contributed by atoms with Crippen molar-refractivity contribution in [2.45, 2.75) is 174 Å². The van der Waals surface area contributed by atoms with Gasteiger partial charge in [0.05, 0.1) is 19.8 Å². The Morgan fingerprint density at radius 2 is 1.05 bits per heavy atom. The molecule has 0 aliphatic carbocycles. The van der Waals surface area contributed by atoms with Crippen LogP contribution in [-0.2, 0) is 27.9 Å². The number of rotatable bonds is 34. The van der Waals surface area contributed by atoms with Crippen LogP contribution in [0.25, 0.3) is 0 Å². The van der Waals surface area contributed by atoms with Gasteiger partial charge in [-0.1, -0.05) is 149 Å². The average molecular weight is 622 g/mol. The van der Waals surface area contributed by atoms with Crippen LogP contribution in [0.3, 0.4) is 0 Å². The minimum atomic E-state index is -4.25. The highest BCUT2D eigenvalue weighted by Crippen LogP contribution is 2.43. The highest BCUT2D eigenvalue weighted by molar-refractivity contribution is 7.47. The Labute approximate surface area is 259 Å². The molecule has 0 spiro atoms. The Balaban J connectivity index is 4.08. The Morgan fingerprint density at radius 1 is 0.619 bits per heavy atom. The molecule has 0 fully saturated rings. The van der Waals surface area contributed by atoms with Crippen LogP contribution < -0.4 is 5.73 Å². The first-order valence-corrected chi connectivity index (χ1v) is 19.0. The fourth-order valence-electron chi connectivity index (χ4n) is 4.94. The lowest BCUT2D eigenvalue weighted by molar-refractivity contribution is -0.154. The molecular formula is C33H68NO7P. The molecule has 0 aromatic rings. The van der Waals surface area contributed by atoms with Crippen molar-refractivity contribution in [2.24, 2.45) is 5.73 Å². The van der Waals surface area contributed by atoms with E-state index in [1.807, 2.05) is 0 Å². The fourth-order valence-corrected chi connectivity index (χ4v) is 5.70. The van der Waals surface area contributed by atoms with Gasteiger partial charge in [-0.25, -0.2) is 4.57 Å². The number of phosphoric acid groups is 1. The van der Waals surface area contributed by atoms with Crippen molar-refractivity contribution >= 4 is 13.8 Å². The van der Waals surface area contributed by atoms with Crippen molar-refractivity contribution in [3.8, 4) is 0 Å². The number of esters is 1. The van der Waals surface area contributed by atoms with Crippen molar-refractivity contribution in [3.05, 3.63) is 0 Å². The van der Waals surface area contributed by atoms with Gasteiger partial charge in [-0.15, -0.1) is 0 Å². The van der Waals surface area contributed by atoms with Crippen LogP contribution in [0.2, 0.25) is 0 Å². The van der Waals surface area contributed by atoms with Gasteiger partial charge in [0.2, 0.25) is 0 Å². The van der Waals surface area contributed by atoms with Gasteiger partial charge in [-0.3, -0.25) is 13.8 Å². The van der Waals surface area contributed by atoms with Gasteiger partial charge >= 0.3 is 13.8 Å². The summed E-state index contributed by atoms with van der Waals surface area (Å²) in [6, 6.07) is 0. The molecule has 0 aromatic heterocycles. The Hall–Kier alpha value is -0.500. The monoisotopic (exact) mass is 621 g/mol. The molecule has 0 aliphatic rings. The van der Waals surface area contributed by atoms with Gasteiger partial charge in [0.1, 0.15) is 6.10 Å². The van der Waals surface area contributed by atoms with E-state index in [0.29, 0.717) is 13.0 Å². The van der Waals surface area contributed by atoms with E-state index < -0.39 is 13.9 Å². The maximum Gasteiger partial charge on any atom is 0.472 e. The number of unbranched alkanes of at least 4 members (excludes halogenated alkanes) is 21. The lowest BCUT2D eigenvalue weighted by Gasteiger charge is -2.20. The lowest BCUT2D eigenvalue weighted by atomic mass is 10.0. The predicted molar refractivity (Wildman–Crippen MR) is 174 cm³/mol. The first-order valence-electron chi connectivity index (χ1n) is 17.5. The van der Waals surface area contributed by atoms with Crippen LogP contribution >= 0.6 is 7.82 Å². The van der Waals surface area contributed by atoms with E-state index in [0.717, 1.165) is 32.1 Å². The third-order valence-corrected chi connectivity index (χ3v) is 8.51. The summed E-state index contributed by atoms with van der Waals surface area (Å²) in [5.74, 6) is -0.330. The molecular weight excluding hydrogens is 553 g/mol. The molecule has 0 heterocycles. The largest absolute Gasteiger partial charge is 0.472 e. The SMILES string of the molecule is CCCCCCCCCCCCCCCOCC(COP(=O)(O)OCCN)OC(=O)CCCCCCCCCCCC. The van der Waals surface area contributed by atoms with Crippen molar-refractivity contribution in [1.29, 1.82) is 0 Å². The third kappa shape index (κ3) is 30.9. The quantitative estimate of drug-likeness (QED) is 0.0414. The first kappa shape index (κ1) is 41.5. The van der Waals surface area contributed by atoms with Crippen LogP contribution in [-0.4, -0.2) is 49.9 Å². The molecule has 0 aromatic carbocycles. The standard InChI is InChI=1S/C33H68NO7P/c1-3-5-7-9-11-13-15-16-17-19-21-23-25-28-38-30-32(31-40-42(36,37)39-29-27-34)41-33(35)26-24-22-20-18-14-12-10-8-6-4-2/h32H,3-31,34H2,1-2H3,(H,36,37). The van der Waals surface area contributed by atoms with Crippen molar-refractivity contribution in [2.75, 3.05) is 33.0 Å². The molecule has 0 aliphatic heterocycles. The van der Waals surface area contributed by atoms with E-state index in [1.54, 1.807) is 0 Å². The van der Waals surface area contributed by atoms with Crippen LogP contribution in [0.1, 0.15) is 168 Å². The number of nitrogens with two attached hydrogens (primary N) is 1. The van der Waals surface area contributed by atoms with Gasteiger partial charge in [0.25, 0.3) is 0 Å². The fraction of sp³-hybridized carbons (Fsp3) is 0.970. The Bertz CT molecular complexity index is 623. The highest BCUT2D eigenvalue weighted by Gasteiger charge is 2.25. The summed E-state index contributed by atoms with van der Waals surface area (Å²) < 4.78 is 33.2. The van der Waals surface area contributed by atoms with Crippen molar-refractivity contribution < 1.29 is 32.8 Å². The Kier molecular flexibility index (Phi) is 31.5. The third-order valence-electron chi connectivity index (χ3n) is 7.52. The van der Waals surface area contributed by atoms with E-state index in [1.165, 1.54) is 116 Å². The summed E-state index contributed by atoms with van der Waals surface area (Å²) in [5.41, 5.74) is 5.33. The summed E-state index contributed by atoms with van der Waals surface area (Å²) >= 11 is 0. The summed E-state index contributed by atoms with van der Waals surface area (Å²) in [6.45, 7) is 4.93. The minimum Gasteiger partial charge on any atom is -0.457 e. The molecule has 3 N–H and O–H groups in total. The van der Waals surface area contributed by atoms with Crippen LogP contribution in [0.15, 0.2) is 0 Å². The van der Waals surface area contributed by atoms with E-state index in [4.69, 9.17) is 24.3 Å². The molecule has 0 radical (unpaired) electrons. The van der Waals surface area contributed by atoms with Gasteiger partial charge in [0.15, 0.2) is 0 Å². The van der Waals surface area contributed by atoms with E-state index in [9.17, 15) is 14.3 Å². The van der Waals surface area contributed by atoms with E-state index in [-0.39, 0.29) is 32.3 Å². The molecule has 9 heteroatoms. The number of ether oxygens (including phenoxy) is 2. The maximum atomic E-state index is 12.4. The summed E-state index contributed by atoms with van der Waals surface area (Å²) in [6.07, 6.45) is 28.2. The number of hydrogen-bond acceptors (Lipinski definition) is 7.